The Balaban J connectivity index is 3.75. The van der Waals surface area contributed by atoms with Crippen molar-refractivity contribution in [2.45, 2.75) is 6.92 Å². The summed E-state index contributed by atoms with van der Waals surface area (Å²) in [7, 11) is 1.80. The minimum Gasteiger partial charge on any atom is -0.377 e. The molecule has 0 aromatic heterocycles. The van der Waals surface area contributed by atoms with E-state index < -0.39 is 0 Å². The number of rotatable bonds is 1. The molecule has 0 saturated heterocycles. The van der Waals surface area contributed by atoms with Crippen LogP contribution in [0.2, 0.25) is 0 Å². The molecule has 0 bridgehead atoms. The van der Waals surface area contributed by atoms with Crippen LogP contribution in [0.4, 0.5) is 0 Å². The first-order chi connectivity index (χ1) is 3.66. The van der Waals surface area contributed by atoms with E-state index in [0.29, 0.717) is 5.03 Å². The van der Waals surface area contributed by atoms with Gasteiger partial charge in [-0.1, -0.05) is 6.58 Å². The summed E-state index contributed by atoms with van der Waals surface area (Å²) in [5, 5.41) is 3.36. The molecule has 0 fully saturated rings. The molecule has 0 unspecified atom stereocenters. The maximum absolute atomic E-state index is 3.87. The zero-order valence-corrected chi connectivity index (χ0v) is 6.00. The first kappa shape index (κ1) is 7.56. The normalized spacial score (nSPS) is 11.1. The number of hydrogen-bond acceptors (Lipinski definition) is 2. The van der Waals surface area contributed by atoms with Crippen molar-refractivity contribution in [3.63, 3.8) is 0 Å². The zero-order valence-electron chi connectivity index (χ0n) is 5.10. The molecule has 0 aliphatic carbocycles. The van der Waals surface area contributed by atoms with Crippen LogP contribution in [0.5, 0.6) is 0 Å². The van der Waals surface area contributed by atoms with Crippen LogP contribution in [0.25, 0.3) is 0 Å². The Kier molecular flexibility index (Phi) is 3.35. The van der Waals surface area contributed by atoms with E-state index in [1.54, 1.807) is 7.05 Å². The summed E-state index contributed by atoms with van der Waals surface area (Å²) in [5.74, 6) is 0.824. The van der Waals surface area contributed by atoms with Crippen molar-refractivity contribution in [1.82, 2.24) is 5.32 Å². The van der Waals surface area contributed by atoms with Gasteiger partial charge in [-0.15, -0.1) is 12.6 Å². The molecule has 0 aliphatic rings. The molecule has 46 valence electrons. The first-order valence-corrected chi connectivity index (χ1v) is 2.72. The fourth-order valence-electron chi connectivity index (χ4n) is 0.249. The number of hydrogen-bond donors (Lipinski definition) is 2. The Morgan fingerprint density at radius 1 is 1.75 bits per heavy atom. The second-order valence-electron chi connectivity index (χ2n) is 1.36. The van der Waals surface area contributed by atoms with Gasteiger partial charge in [-0.2, -0.15) is 0 Å². The van der Waals surface area contributed by atoms with Crippen molar-refractivity contribution < 1.29 is 0 Å². The predicted octanol–water partition coefficient (Wildman–Crippen LogP) is 1.03. The Labute approximate surface area is 55.1 Å². The van der Waals surface area contributed by atoms with Crippen LogP contribution in [0.15, 0.2) is 16.6 Å². The molecular formula is C5H10N2S. The van der Waals surface area contributed by atoms with Gasteiger partial charge >= 0.3 is 0 Å². The van der Waals surface area contributed by atoms with Crippen molar-refractivity contribution in [3.8, 4) is 0 Å². The average molecular weight is 130 g/mol. The number of amidine groups is 1. The minimum atomic E-state index is 0.525. The zero-order chi connectivity index (χ0) is 6.57. The highest BCUT2D eigenvalue weighted by atomic mass is 32.1. The topological polar surface area (TPSA) is 24.4 Å². The van der Waals surface area contributed by atoms with E-state index in [4.69, 9.17) is 0 Å². The van der Waals surface area contributed by atoms with Gasteiger partial charge in [-0.3, -0.25) is 0 Å². The highest BCUT2D eigenvalue weighted by molar-refractivity contribution is 7.84. The quantitative estimate of drug-likeness (QED) is 0.309. The summed E-state index contributed by atoms with van der Waals surface area (Å²) in [5.41, 5.74) is 0. The number of thiol groups is 1. The third-order valence-electron chi connectivity index (χ3n) is 0.659. The number of aliphatic imine (C=N–C) groups is 1. The van der Waals surface area contributed by atoms with E-state index in [2.05, 4.69) is 29.5 Å². The van der Waals surface area contributed by atoms with Crippen molar-refractivity contribution >= 4 is 18.5 Å². The molecule has 0 atom stereocenters. The Bertz CT molecular complexity index is 118. The molecule has 8 heavy (non-hydrogen) atoms. The lowest BCUT2D eigenvalue weighted by atomic mass is 10.7. The molecule has 0 saturated carbocycles. The number of nitrogens with zero attached hydrogens (tertiary/aromatic N) is 1. The summed E-state index contributed by atoms with van der Waals surface area (Å²) in [4.78, 5) is 3.87. The summed E-state index contributed by atoms with van der Waals surface area (Å²) in [6.07, 6.45) is 0. The van der Waals surface area contributed by atoms with Gasteiger partial charge in [0.05, 0.1) is 10.9 Å². The lowest BCUT2D eigenvalue weighted by molar-refractivity contribution is 1.15. The van der Waals surface area contributed by atoms with Crippen LogP contribution < -0.4 is 5.32 Å². The third kappa shape index (κ3) is 3.74. The molecule has 0 amide bonds. The molecule has 0 rings (SSSR count). The minimum absolute atomic E-state index is 0.525. The lowest BCUT2D eigenvalue weighted by Gasteiger charge is -1.94. The highest BCUT2D eigenvalue weighted by Gasteiger charge is 1.80. The Morgan fingerprint density at radius 3 is 2.38 bits per heavy atom. The predicted molar refractivity (Wildman–Crippen MR) is 40.3 cm³/mol. The summed E-state index contributed by atoms with van der Waals surface area (Å²) in [6.45, 7) is 5.33. The second kappa shape index (κ2) is 3.55. The molecule has 0 heterocycles. The van der Waals surface area contributed by atoms with Gasteiger partial charge < -0.3 is 5.32 Å². The SMILES string of the molecule is C=C(S)/N=C(\C)NC. The van der Waals surface area contributed by atoms with Crippen LogP contribution >= 0.6 is 12.6 Å². The largest absolute Gasteiger partial charge is 0.377 e. The maximum Gasteiger partial charge on any atom is 0.0994 e. The smallest absolute Gasteiger partial charge is 0.0994 e. The van der Waals surface area contributed by atoms with Gasteiger partial charge in [0.2, 0.25) is 0 Å². The Morgan fingerprint density at radius 2 is 2.25 bits per heavy atom. The molecule has 0 aliphatic heterocycles. The van der Waals surface area contributed by atoms with Gasteiger partial charge in [0.15, 0.2) is 0 Å². The van der Waals surface area contributed by atoms with Crippen LogP contribution in [-0.2, 0) is 0 Å². The molecule has 2 nitrogen and oxygen atoms in total. The van der Waals surface area contributed by atoms with Crippen LogP contribution in [0.1, 0.15) is 6.92 Å². The maximum atomic E-state index is 3.87. The summed E-state index contributed by atoms with van der Waals surface area (Å²) in [6, 6.07) is 0. The van der Waals surface area contributed by atoms with Gasteiger partial charge in [0.25, 0.3) is 0 Å². The van der Waals surface area contributed by atoms with E-state index in [0.717, 1.165) is 5.84 Å². The lowest BCUT2D eigenvalue weighted by Crippen LogP contribution is -2.12. The van der Waals surface area contributed by atoms with Crippen molar-refractivity contribution in [3.05, 3.63) is 11.6 Å². The summed E-state index contributed by atoms with van der Waals surface area (Å²) >= 11 is 3.87. The first-order valence-electron chi connectivity index (χ1n) is 2.27. The average Bonchev–Trinajstić information content (AvgIpc) is 1.65. The van der Waals surface area contributed by atoms with Crippen molar-refractivity contribution in [1.29, 1.82) is 0 Å². The molecule has 1 N–H and O–H groups in total. The van der Waals surface area contributed by atoms with E-state index >= 15 is 0 Å². The fraction of sp³-hybridized carbons (Fsp3) is 0.400. The van der Waals surface area contributed by atoms with Crippen molar-refractivity contribution in [2.75, 3.05) is 7.05 Å². The molecule has 0 aromatic carbocycles. The van der Waals surface area contributed by atoms with Gasteiger partial charge in [-0.05, 0) is 6.92 Å². The second-order valence-corrected chi connectivity index (χ2v) is 1.88. The van der Waals surface area contributed by atoms with Crippen LogP contribution in [-0.4, -0.2) is 12.9 Å². The molecule has 0 aromatic rings. The third-order valence-corrected chi connectivity index (χ3v) is 0.759. The molecular weight excluding hydrogens is 120 g/mol. The van der Waals surface area contributed by atoms with E-state index in [9.17, 15) is 0 Å². The van der Waals surface area contributed by atoms with Crippen LogP contribution in [0, 0.1) is 0 Å². The van der Waals surface area contributed by atoms with E-state index in [1.807, 2.05) is 6.92 Å². The summed E-state index contributed by atoms with van der Waals surface area (Å²) < 4.78 is 0. The molecule has 0 radical (unpaired) electrons. The molecule has 0 spiro atoms. The van der Waals surface area contributed by atoms with Gasteiger partial charge in [0.1, 0.15) is 0 Å². The van der Waals surface area contributed by atoms with Gasteiger partial charge in [0, 0.05) is 7.05 Å². The van der Waals surface area contributed by atoms with E-state index in [1.165, 1.54) is 0 Å². The monoisotopic (exact) mass is 130 g/mol. The Hall–Kier alpha value is -0.440. The van der Waals surface area contributed by atoms with Gasteiger partial charge in [-0.25, -0.2) is 4.99 Å². The van der Waals surface area contributed by atoms with Crippen molar-refractivity contribution in [2.24, 2.45) is 4.99 Å². The molecule has 3 heteroatoms. The number of nitrogens with one attached hydrogen (secondary N) is 1. The standard InChI is InChI=1S/C5H10N2S/c1-4(6-3)7-5(2)8/h8H,2H2,1,3H3,(H,6,7). The fourth-order valence-corrected chi connectivity index (χ4v) is 0.399. The van der Waals surface area contributed by atoms with Crippen LogP contribution in [0.3, 0.4) is 0 Å². The van der Waals surface area contributed by atoms with E-state index in [-0.39, 0.29) is 0 Å². The highest BCUT2D eigenvalue weighted by Crippen LogP contribution is 1.95.